The van der Waals surface area contributed by atoms with Crippen molar-refractivity contribution >= 4 is 23.1 Å². The van der Waals surface area contributed by atoms with Crippen LogP contribution in [0.5, 0.6) is 0 Å². The quantitative estimate of drug-likeness (QED) is 0.653. The second-order valence-electron chi connectivity index (χ2n) is 4.99. The van der Waals surface area contributed by atoms with Crippen molar-refractivity contribution in [3.05, 3.63) is 58.5 Å². The van der Waals surface area contributed by atoms with E-state index in [0.717, 1.165) is 23.1 Å². The van der Waals surface area contributed by atoms with Crippen LogP contribution in [0.3, 0.4) is 0 Å². The summed E-state index contributed by atoms with van der Waals surface area (Å²) in [6.45, 7) is 4.35. The molecule has 0 N–H and O–H groups in total. The molecule has 3 nitrogen and oxygen atoms in total. The average Bonchev–Trinajstić information content (AvgIpc) is 3.10. The maximum absolute atomic E-state index is 4.42. The summed E-state index contributed by atoms with van der Waals surface area (Å²) >= 11 is 3.50. The first-order valence-electron chi connectivity index (χ1n) is 6.93. The van der Waals surface area contributed by atoms with Crippen molar-refractivity contribution in [3.63, 3.8) is 0 Å². The lowest BCUT2D eigenvalue weighted by Crippen LogP contribution is -2.04. The molecule has 108 valence electrons. The smallest absolute Gasteiger partial charge is 0.196 e. The van der Waals surface area contributed by atoms with E-state index in [-0.39, 0.29) is 0 Å². The lowest BCUT2D eigenvalue weighted by molar-refractivity contribution is 0.847. The minimum Gasteiger partial charge on any atom is -0.274 e. The number of hydrogen-bond donors (Lipinski definition) is 0. The van der Waals surface area contributed by atoms with Gasteiger partial charge in [0.25, 0.3) is 0 Å². The second-order valence-corrected chi connectivity index (χ2v) is 7.57. The van der Waals surface area contributed by atoms with Crippen LogP contribution in [-0.4, -0.2) is 20.0 Å². The van der Waals surface area contributed by atoms with Crippen molar-refractivity contribution < 1.29 is 0 Å². The SMILES string of the molecule is CC(C)Sc1nnc(Cc2cccs2)n1-c1ccccc1. The van der Waals surface area contributed by atoms with E-state index in [2.05, 4.69) is 58.3 Å². The normalized spacial score (nSPS) is 11.2. The fourth-order valence-electron chi connectivity index (χ4n) is 2.11. The third kappa shape index (κ3) is 3.36. The zero-order valence-electron chi connectivity index (χ0n) is 12.1. The number of para-hydroxylation sites is 1. The highest BCUT2D eigenvalue weighted by molar-refractivity contribution is 7.99. The van der Waals surface area contributed by atoms with Gasteiger partial charge in [-0.1, -0.05) is 49.9 Å². The number of nitrogens with zero attached hydrogens (tertiary/aromatic N) is 3. The van der Waals surface area contributed by atoms with E-state index in [0.29, 0.717) is 5.25 Å². The van der Waals surface area contributed by atoms with E-state index in [1.165, 1.54) is 4.88 Å². The zero-order valence-corrected chi connectivity index (χ0v) is 13.7. The standard InChI is InChI=1S/C16H17N3S2/c1-12(2)21-16-18-17-15(11-14-9-6-10-20-14)19(16)13-7-4-3-5-8-13/h3-10,12H,11H2,1-2H3. The van der Waals surface area contributed by atoms with Gasteiger partial charge in [-0.15, -0.1) is 21.5 Å². The van der Waals surface area contributed by atoms with Gasteiger partial charge in [-0.05, 0) is 23.6 Å². The van der Waals surface area contributed by atoms with Gasteiger partial charge in [-0.2, -0.15) is 0 Å². The van der Waals surface area contributed by atoms with Gasteiger partial charge in [-0.25, -0.2) is 0 Å². The lowest BCUT2D eigenvalue weighted by atomic mass is 10.3. The highest BCUT2D eigenvalue weighted by atomic mass is 32.2. The third-order valence-electron chi connectivity index (χ3n) is 2.97. The molecule has 1 aromatic carbocycles. The molecule has 2 aromatic heterocycles. The van der Waals surface area contributed by atoms with Crippen molar-refractivity contribution in [2.75, 3.05) is 0 Å². The molecule has 3 rings (SSSR count). The molecule has 21 heavy (non-hydrogen) atoms. The maximum atomic E-state index is 4.42. The molecule has 0 aliphatic carbocycles. The molecule has 0 atom stereocenters. The van der Waals surface area contributed by atoms with Gasteiger partial charge in [0, 0.05) is 22.2 Å². The van der Waals surface area contributed by atoms with Crippen LogP contribution in [-0.2, 0) is 6.42 Å². The zero-order chi connectivity index (χ0) is 14.7. The Bertz CT molecular complexity index is 688. The monoisotopic (exact) mass is 315 g/mol. The van der Waals surface area contributed by atoms with Crippen molar-refractivity contribution in [3.8, 4) is 5.69 Å². The average molecular weight is 315 g/mol. The first-order chi connectivity index (χ1) is 10.2. The summed E-state index contributed by atoms with van der Waals surface area (Å²) in [7, 11) is 0. The summed E-state index contributed by atoms with van der Waals surface area (Å²) in [6.07, 6.45) is 0.818. The van der Waals surface area contributed by atoms with Crippen LogP contribution < -0.4 is 0 Å². The molecular formula is C16H17N3S2. The predicted octanol–water partition coefficient (Wildman–Crippen LogP) is 4.42. The molecule has 0 amide bonds. The summed E-state index contributed by atoms with van der Waals surface area (Å²) in [6, 6.07) is 14.6. The predicted molar refractivity (Wildman–Crippen MR) is 89.5 cm³/mol. The topological polar surface area (TPSA) is 30.7 Å². The maximum Gasteiger partial charge on any atom is 0.196 e. The minimum absolute atomic E-state index is 0.478. The van der Waals surface area contributed by atoms with E-state index < -0.39 is 0 Å². The molecule has 2 heterocycles. The Kier molecular flexibility index (Phi) is 4.41. The molecule has 0 spiro atoms. The summed E-state index contributed by atoms with van der Waals surface area (Å²) in [5, 5.41) is 12.4. The highest BCUT2D eigenvalue weighted by Crippen LogP contribution is 2.26. The molecule has 0 aliphatic heterocycles. The number of benzene rings is 1. The second kappa shape index (κ2) is 6.45. The summed E-state index contributed by atoms with van der Waals surface area (Å²) in [5.41, 5.74) is 1.12. The fourth-order valence-corrected chi connectivity index (χ4v) is 3.63. The van der Waals surface area contributed by atoms with Crippen LogP contribution in [0, 0.1) is 0 Å². The Morgan fingerprint density at radius 2 is 1.90 bits per heavy atom. The van der Waals surface area contributed by atoms with Crippen LogP contribution in [0.2, 0.25) is 0 Å². The minimum atomic E-state index is 0.478. The number of aromatic nitrogens is 3. The van der Waals surface area contributed by atoms with Gasteiger partial charge in [0.2, 0.25) is 0 Å². The molecule has 3 aromatic rings. The molecule has 0 fully saturated rings. The molecule has 5 heteroatoms. The Morgan fingerprint density at radius 1 is 1.10 bits per heavy atom. The first kappa shape index (κ1) is 14.4. The summed E-state index contributed by atoms with van der Waals surface area (Å²) < 4.78 is 2.17. The first-order valence-corrected chi connectivity index (χ1v) is 8.68. The van der Waals surface area contributed by atoms with Gasteiger partial charge in [0.1, 0.15) is 5.82 Å². The van der Waals surface area contributed by atoms with Gasteiger partial charge in [-0.3, -0.25) is 4.57 Å². The lowest BCUT2D eigenvalue weighted by Gasteiger charge is -2.10. The van der Waals surface area contributed by atoms with Crippen LogP contribution in [0.25, 0.3) is 5.69 Å². The Balaban J connectivity index is 2.02. The molecule has 0 saturated carbocycles. The van der Waals surface area contributed by atoms with Crippen LogP contribution in [0.4, 0.5) is 0 Å². The van der Waals surface area contributed by atoms with Gasteiger partial charge in [0.05, 0.1) is 0 Å². The summed E-state index contributed by atoms with van der Waals surface area (Å²) in [4.78, 5) is 1.31. The van der Waals surface area contributed by atoms with E-state index in [9.17, 15) is 0 Å². The van der Waals surface area contributed by atoms with E-state index in [1.807, 2.05) is 18.2 Å². The fraction of sp³-hybridized carbons (Fsp3) is 0.250. The largest absolute Gasteiger partial charge is 0.274 e. The molecule has 0 bridgehead atoms. The Hall–Kier alpha value is -1.59. The van der Waals surface area contributed by atoms with Crippen molar-refractivity contribution in [2.24, 2.45) is 0 Å². The van der Waals surface area contributed by atoms with E-state index in [1.54, 1.807) is 23.1 Å². The number of hydrogen-bond acceptors (Lipinski definition) is 4. The molecular weight excluding hydrogens is 298 g/mol. The Morgan fingerprint density at radius 3 is 2.57 bits per heavy atom. The third-order valence-corrected chi connectivity index (χ3v) is 4.79. The number of thiophene rings is 1. The molecule has 0 radical (unpaired) electrons. The highest BCUT2D eigenvalue weighted by Gasteiger charge is 2.16. The van der Waals surface area contributed by atoms with Gasteiger partial charge in [0.15, 0.2) is 5.16 Å². The molecule has 0 aliphatic rings. The summed E-state index contributed by atoms with van der Waals surface area (Å²) in [5.74, 6) is 0.992. The van der Waals surface area contributed by atoms with Crippen molar-refractivity contribution in [1.29, 1.82) is 0 Å². The molecule has 0 unspecified atom stereocenters. The van der Waals surface area contributed by atoms with Gasteiger partial charge >= 0.3 is 0 Å². The van der Waals surface area contributed by atoms with Crippen LogP contribution >= 0.6 is 23.1 Å². The molecule has 0 saturated heterocycles. The number of rotatable bonds is 5. The van der Waals surface area contributed by atoms with Crippen LogP contribution in [0.1, 0.15) is 24.5 Å². The van der Waals surface area contributed by atoms with Gasteiger partial charge < -0.3 is 0 Å². The van der Waals surface area contributed by atoms with E-state index in [4.69, 9.17) is 0 Å². The van der Waals surface area contributed by atoms with Crippen molar-refractivity contribution in [1.82, 2.24) is 14.8 Å². The van der Waals surface area contributed by atoms with E-state index >= 15 is 0 Å². The van der Waals surface area contributed by atoms with Crippen molar-refractivity contribution in [2.45, 2.75) is 30.7 Å². The Labute approximate surface area is 133 Å². The van der Waals surface area contributed by atoms with Crippen LogP contribution in [0.15, 0.2) is 53.0 Å². The number of thioether (sulfide) groups is 1.